The van der Waals surface area contributed by atoms with Crippen LogP contribution in [-0.4, -0.2) is 47.6 Å². The van der Waals surface area contributed by atoms with Crippen molar-refractivity contribution in [2.75, 3.05) is 47.8 Å². The molecule has 0 bridgehead atoms. The van der Waals surface area contributed by atoms with Crippen LogP contribution in [0.4, 0.5) is 22.9 Å². The van der Waals surface area contributed by atoms with Crippen LogP contribution in [-0.2, 0) is 6.42 Å². The lowest BCUT2D eigenvalue weighted by Gasteiger charge is -2.37. The maximum Gasteiger partial charge on any atom is 0.293 e. The van der Waals surface area contributed by atoms with Gasteiger partial charge in [0.2, 0.25) is 0 Å². The van der Waals surface area contributed by atoms with Gasteiger partial charge in [0, 0.05) is 54.9 Å². The third-order valence-electron chi connectivity index (χ3n) is 6.29. The van der Waals surface area contributed by atoms with Crippen molar-refractivity contribution in [3.05, 3.63) is 93.8 Å². The zero-order chi connectivity index (χ0) is 24.2. The molecule has 1 fully saturated rings. The SMILES string of the molecule is O=[N+]([O-])c1cc2c(NCCc3ccc(Cl)cc3)ncnc2cc1N1CCN(c2ccccc2)CC1. The van der Waals surface area contributed by atoms with Gasteiger partial charge >= 0.3 is 0 Å². The van der Waals surface area contributed by atoms with Crippen LogP contribution in [0.3, 0.4) is 0 Å². The Kier molecular flexibility index (Phi) is 6.63. The molecule has 1 saturated heterocycles. The molecule has 0 saturated carbocycles. The minimum Gasteiger partial charge on any atom is -0.369 e. The molecule has 0 unspecified atom stereocenters. The van der Waals surface area contributed by atoms with Gasteiger partial charge in [0.15, 0.2) is 0 Å². The molecular formula is C26H25ClN6O2. The quantitative estimate of drug-likeness (QED) is 0.283. The molecule has 1 aliphatic rings. The number of rotatable bonds is 7. The summed E-state index contributed by atoms with van der Waals surface area (Å²) in [4.78, 5) is 24.9. The van der Waals surface area contributed by atoms with Crippen LogP contribution in [0.1, 0.15) is 5.56 Å². The molecule has 0 aliphatic carbocycles. The summed E-state index contributed by atoms with van der Waals surface area (Å²) < 4.78 is 0. The third kappa shape index (κ3) is 5.12. The molecule has 0 spiro atoms. The summed E-state index contributed by atoms with van der Waals surface area (Å²) in [7, 11) is 0. The second kappa shape index (κ2) is 10.1. The van der Waals surface area contributed by atoms with Crippen molar-refractivity contribution in [1.82, 2.24) is 9.97 Å². The number of nitrogens with one attached hydrogen (secondary N) is 1. The Balaban J connectivity index is 1.35. The molecule has 4 aromatic rings. The largest absolute Gasteiger partial charge is 0.369 e. The number of nitrogens with zero attached hydrogens (tertiary/aromatic N) is 5. The van der Waals surface area contributed by atoms with Crippen molar-refractivity contribution in [2.24, 2.45) is 0 Å². The number of benzene rings is 3. The van der Waals surface area contributed by atoms with Gasteiger partial charge in [0.1, 0.15) is 17.8 Å². The third-order valence-corrected chi connectivity index (χ3v) is 6.54. The number of aromatic nitrogens is 2. The van der Waals surface area contributed by atoms with E-state index < -0.39 is 0 Å². The van der Waals surface area contributed by atoms with Crippen LogP contribution in [0.15, 0.2) is 73.1 Å². The molecular weight excluding hydrogens is 464 g/mol. The second-order valence-corrected chi connectivity index (χ2v) is 8.89. The lowest BCUT2D eigenvalue weighted by Crippen LogP contribution is -2.46. The molecule has 35 heavy (non-hydrogen) atoms. The smallest absolute Gasteiger partial charge is 0.293 e. The van der Waals surface area contributed by atoms with Crippen LogP contribution < -0.4 is 15.1 Å². The minimum absolute atomic E-state index is 0.0706. The van der Waals surface area contributed by atoms with Crippen molar-refractivity contribution >= 4 is 45.4 Å². The van der Waals surface area contributed by atoms with Gasteiger partial charge in [-0.05, 0) is 42.3 Å². The Morgan fingerprint density at radius 2 is 1.66 bits per heavy atom. The summed E-state index contributed by atoms with van der Waals surface area (Å²) in [5.41, 5.74) is 3.66. The fraction of sp³-hybridized carbons (Fsp3) is 0.231. The first kappa shape index (κ1) is 22.9. The minimum atomic E-state index is -0.317. The average molecular weight is 489 g/mol. The van der Waals surface area contributed by atoms with E-state index in [1.165, 1.54) is 12.0 Å². The lowest BCUT2D eigenvalue weighted by atomic mass is 10.1. The number of nitro groups is 1. The predicted octanol–water partition coefficient (Wildman–Crippen LogP) is 5.17. The highest BCUT2D eigenvalue weighted by atomic mass is 35.5. The van der Waals surface area contributed by atoms with E-state index in [0.717, 1.165) is 25.1 Å². The van der Waals surface area contributed by atoms with E-state index >= 15 is 0 Å². The topological polar surface area (TPSA) is 87.4 Å². The van der Waals surface area contributed by atoms with Crippen molar-refractivity contribution in [3.8, 4) is 0 Å². The van der Waals surface area contributed by atoms with E-state index in [1.807, 2.05) is 48.5 Å². The molecule has 8 nitrogen and oxygen atoms in total. The monoisotopic (exact) mass is 488 g/mol. The zero-order valence-electron chi connectivity index (χ0n) is 19.1. The molecule has 0 atom stereocenters. The van der Waals surface area contributed by atoms with E-state index in [9.17, 15) is 10.1 Å². The maximum absolute atomic E-state index is 12.0. The molecule has 0 radical (unpaired) electrons. The second-order valence-electron chi connectivity index (χ2n) is 8.45. The number of anilines is 3. The Bertz CT molecular complexity index is 1330. The Labute approximate surface area is 208 Å². The van der Waals surface area contributed by atoms with Crippen LogP contribution in [0.5, 0.6) is 0 Å². The molecule has 0 amide bonds. The highest BCUT2D eigenvalue weighted by molar-refractivity contribution is 6.30. The predicted molar refractivity (Wildman–Crippen MR) is 141 cm³/mol. The van der Waals surface area contributed by atoms with Gasteiger partial charge in [-0.25, -0.2) is 9.97 Å². The summed E-state index contributed by atoms with van der Waals surface area (Å²) in [5, 5.41) is 16.7. The number of hydrogen-bond acceptors (Lipinski definition) is 7. The number of hydrogen-bond donors (Lipinski definition) is 1. The Morgan fingerprint density at radius 1 is 0.943 bits per heavy atom. The first-order chi connectivity index (χ1) is 17.1. The van der Waals surface area contributed by atoms with Crippen LogP contribution >= 0.6 is 11.6 Å². The van der Waals surface area contributed by atoms with Crippen LogP contribution in [0.2, 0.25) is 5.02 Å². The normalized spacial score (nSPS) is 13.7. The Hall–Kier alpha value is -3.91. The summed E-state index contributed by atoms with van der Waals surface area (Å²) in [6, 6.07) is 21.3. The molecule has 1 aromatic heterocycles. The van der Waals surface area contributed by atoms with Gasteiger partial charge < -0.3 is 15.1 Å². The highest BCUT2D eigenvalue weighted by Crippen LogP contribution is 2.35. The van der Waals surface area contributed by atoms with Crippen molar-refractivity contribution < 1.29 is 4.92 Å². The number of para-hydroxylation sites is 1. The van der Waals surface area contributed by atoms with Gasteiger partial charge in [-0.15, -0.1) is 0 Å². The number of piperazine rings is 1. The van der Waals surface area contributed by atoms with Crippen LogP contribution in [0, 0.1) is 10.1 Å². The van der Waals surface area contributed by atoms with Gasteiger partial charge in [0.25, 0.3) is 5.69 Å². The molecule has 178 valence electrons. The fourth-order valence-corrected chi connectivity index (χ4v) is 4.57. The summed E-state index contributed by atoms with van der Waals surface area (Å²) in [5.74, 6) is 0.590. The van der Waals surface area contributed by atoms with Crippen molar-refractivity contribution in [3.63, 3.8) is 0 Å². The summed E-state index contributed by atoms with van der Waals surface area (Å²) in [6.07, 6.45) is 2.27. The summed E-state index contributed by atoms with van der Waals surface area (Å²) >= 11 is 5.96. The van der Waals surface area contributed by atoms with Crippen molar-refractivity contribution in [1.29, 1.82) is 0 Å². The molecule has 3 aromatic carbocycles. The highest BCUT2D eigenvalue weighted by Gasteiger charge is 2.25. The molecule has 1 aliphatic heterocycles. The fourth-order valence-electron chi connectivity index (χ4n) is 4.44. The first-order valence-corrected chi connectivity index (χ1v) is 11.9. The van der Waals surface area contributed by atoms with E-state index in [0.29, 0.717) is 47.1 Å². The lowest BCUT2D eigenvalue weighted by molar-refractivity contribution is -0.384. The van der Waals surface area contributed by atoms with Gasteiger partial charge in [-0.2, -0.15) is 0 Å². The van der Waals surface area contributed by atoms with E-state index in [2.05, 4.69) is 37.2 Å². The number of halogens is 1. The first-order valence-electron chi connectivity index (χ1n) is 11.5. The molecule has 9 heteroatoms. The standard InChI is InChI=1S/C26H25ClN6O2/c27-20-8-6-19(7-9-20)10-11-28-26-22-16-25(33(34)35)24(17-23(22)29-18-30-26)32-14-12-31(13-15-32)21-4-2-1-3-5-21/h1-9,16-18H,10-15H2,(H,28,29,30). The zero-order valence-corrected chi connectivity index (χ0v) is 19.9. The molecule has 1 N–H and O–H groups in total. The van der Waals surface area contributed by atoms with E-state index in [4.69, 9.17) is 11.6 Å². The van der Waals surface area contributed by atoms with E-state index in [1.54, 1.807) is 6.07 Å². The Morgan fingerprint density at radius 3 is 2.37 bits per heavy atom. The molecule has 5 rings (SSSR count). The van der Waals surface area contributed by atoms with Gasteiger partial charge in [0.05, 0.1) is 10.4 Å². The summed E-state index contributed by atoms with van der Waals surface area (Å²) in [6.45, 7) is 3.60. The van der Waals surface area contributed by atoms with Crippen molar-refractivity contribution in [2.45, 2.75) is 6.42 Å². The molecule has 2 heterocycles. The maximum atomic E-state index is 12.0. The van der Waals surface area contributed by atoms with E-state index in [-0.39, 0.29) is 10.6 Å². The van der Waals surface area contributed by atoms with Gasteiger partial charge in [-0.3, -0.25) is 10.1 Å². The van der Waals surface area contributed by atoms with Crippen LogP contribution in [0.25, 0.3) is 10.9 Å². The average Bonchev–Trinajstić information content (AvgIpc) is 2.90. The van der Waals surface area contributed by atoms with Gasteiger partial charge in [-0.1, -0.05) is 41.9 Å². The number of nitro benzene ring substituents is 1. The number of fused-ring (bicyclic) bond motifs is 1.